The molecule has 1 N–H and O–H groups in total. The van der Waals surface area contributed by atoms with Crippen molar-refractivity contribution in [3.8, 4) is 0 Å². The minimum Gasteiger partial charge on any atom is -0.375 e. The molecule has 1 aromatic heterocycles. The Hall–Kier alpha value is -0.680. The van der Waals surface area contributed by atoms with Gasteiger partial charge < -0.3 is 10.1 Å². The zero-order valence-electron chi connectivity index (χ0n) is 8.43. The highest BCUT2D eigenvalue weighted by Crippen LogP contribution is 2.23. The van der Waals surface area contributed by atoms with E-state index < -0.39 is 0 Å². The van der Waals surface area contributed by atoms with E-state index in [0.29, 0.717) is 18.2 Å². The van der Waals surface area contributed by atoms with Crippen molar-refractivity contribution in [2.45, 2.75) is 44.9 Å². The van der Waals surface area contributed by atoms with E-state index in [-0.39, 0.29) is 0 Å². The van der Waals surface area contributed by atoms with E-state index in [1.807, 2.05) is 0 Å². The van der Waals surface area contributed by atoms with Gasteiger partial charge in [-0.05, 0) is 26.7 Å². The summed E-state index contributed by atoms with van der Waals surface area (Å²) >= 11 is 1.41. The summed E-state index contributed by atoms with van der Waals surface area (Å²) in [4.78, 5) is 0. The van der Waals surface area contributed by atoms with Gasteiger partial charge in [-0.1, -0.05) is 4.49 Å². The quantitative estimate of drug-likeness (QED) is 0.815. The standard InChI is InChI=1S/C9H15N3OS/c1-6-3-8(4-7(2)13-6)11-9-5-10-12-14-9/h5-8,11H,3-4H2,1-2H3. The number of nitrogens with zero attached hydrogens (tertiary/aromatic N) is 2. The lowest BCUT2D eigenvalue weighted by atomic mass is 10.0. The molecule has 0 saturated carbocycles. The zero-order chi connectivity index (χ0) is 9.97. The molecular formula is C9H15N3OS. The molecule has 0 spiro atoms. The van der Waals surface area contributed by atoms with Crippen molar-refractivity contribution in [1.82, 2.24) is 9.59 Å². The van der Waals surface area contributed by atoms with Crippen LogP contribution < -0.4 is 5.32 Å². The molecule has 1 aliphatic rings. The highest BCUT2D eigenvalue weighted by Gasteiger charge is 2.24. The van der Waals surface area contributed by atoms with Gasteiger partial charge in [0, 0.05) is 17.6 Å². The molecule has 78 valence electrons. The van der Waals surface area contributed by atoms with Crippen molar-refractivity contribution in [2.24, 2.45) is 0 Å². The Balaban J connectivity index is 1.91. The molecule has 1 aromatic rings. The molecule has 5 heteroatoms. The molecule has 1 fully saturated rings. The normalized spacial score (nSPS) is 32.9. The van der Waals surface area contributed by atoms with Crippen LogP contribution >= 0.6 is 11.5 Å². The molecule has 0 amide bonds. The van der Waals surface area contributed by atoms with Gasteiger partial charge in [-0.15, -0.1) is 5.10 Å². The van der Waals surface area contributed by atoms with Crippen LogP contribution in [0.4, 0.5) is 5.00 Å². The van der Waals surface area contributed by atoms with E-state index in [1.165, 1.54) is 11.5 Å². The van der Waals surface area contributed by atoms with Gasteiger partial charge in [-0.2, -0.15) is 0 Å². The fraction of sp³-hybridized carbons (Fsp3) is 0.778. The lowest BCUT2D eigenvalue weighted by molar-refractivity contribution is -0.0337. The van der Waals surface area contributed by atoms with E-state index in [9.17, 15) is 0 Å². The molecule has 1 aliphatic heterocycles. The zero-order valence-corrected chi connectivity index (χ0v) is 9.25. The van der Waals surface area contributed by atoms with Gasteiger partial charge in [0.25, 0.3) is 0 Å². The van der Waals surface area contributed by atoms with Crippen LogP contribution in [0.2, 0.25) is 0 Å². The topological polar surface area (TPSA) is 47.0 Å². The molecule has 2 unspecified atom stereocenters. The molecule has 0 aromatic carbocycles. The second-order valence-electron chi connectivity index (χ2n) is 3.85. The fourth-order valence-corrected chi connectivity index (χ4v) is 2.45. The average molecular weight is 213 g/mol. The average Bonchev–Trinajstić information content (AvgIpc) is 2.54. The molecule has 1 saturated heterocycles. The third-order valence-corrected chi connectivity index (χ3v) is 3.00. The first kappa shape index (κ1) is 9.86. The van der Waals surface area contributed by atoms with Gasteiger partial charge >= 0.3 is 0 Å². The summed E-state index contributed by atoms with van der Waals surface area (Å²) in [6.45, 7) is 4.24. The van der Waals surface area contributed by atoms with Crippen LogP contribution in [0.3, 0.4) is 0 Å². The summed E-state index contributed by atoms with van der Waals surface area (Å²) in [6, 6.07) is 0.496. The van der Waals surface area contributed by atoms with Gasteiger partial charge in [0.2, 0.25) is 0 Å². The van der Waals surface area contributed by atoms with Crippen LogP contribution in [-0.2, 0) is 4.74 Å². The summed E-state index contributed by atoms with van der Waals surface area (Å²) in [7, 11) is 0. The summed E-state index contributed by atoms with van der Waals surface area (Å²) in [5, 5.41) is 8.29. The maximum Gasteiger partial charge on any atom is 0.130 e. The van der Waals surface area contributed by atoms with Crippen LogP contribution in [-0.4, -0.2) is 27.8 Å². The van der Waals surface area contributed by atoms with E-state index in [4.69, 9.17) is 4.74 Å². The summed E-state index contributed by atoms with van der Waals surface area (Å²) in [5.41, 5.74) is 0. The Kier molecular flexibility index (Phi) is 2.98. The SMILES string of the molecule is CC1CC(Nc2cnns2)CC(C)O1. The number of hydrogen-bond donors (Lipinski definition) is 1. The van der Waals surface area contributed by atoms with Crippen LogP contribution in [0.5, 0.6) is 0 Å². The van der Waals surface area contributed by atoms with Crippen molar-refractivity contribution in [3.05, 3.63) is 6.20 Å². The van der Waals surface area contributed by atoms with Crippen LogP contribution in [0, 0.1) is 0 Å². The number of nitrogens with one attached hydrogen (secondary N) is 1. The minimum atomic E-state index is 0.345. The van der Waals surface area contributed by atoms with Gasteiger partial charge in [-0.3, -0.25) is 0 Å². The summed E-state index contributed by atoms with van der Waals surface area (Å²) < 4.78 is 9.49. The number of hydrogen-bond acceptors (Lipinski definition) is 5. The largest absolute Gasteiger partial charge is 0.375 e. The highest BCUT2D eigenvalue weighted by atomic mass is 32.1. The van der Waals surface area contributed by atoms with Crippen molar-refractivity contribution in [2.75, 3.05) is 5.32 Å². The van der Waals surface area contributed by atoms with E-state index in [1.54, 1.807) is 6.20 Å². The summed E-state index contributed by atoms with van der Waals surface area (Å²) in [5.74, 6) is 0. The molecule has 2 atom stereocenters. The first-order chi connectivity index (χ1) is 6.74. The minimum absolute atomic E-state index is 0.345. The Morgan fingerprint density at radius 2 is 2.14 bits per heavy atom. The molecular weight excluding hydrogens is 198 g/mol. The maximum atomic E-state index is 5.67. The lowest BCUT2D eigenvalue weighted by Gasteiger charge is -2.32. The van der Waals surface area contributed by atoms with E-state index in [0.717, 1.165) is 17.8 Å². The fourth-order valence-electron chi connectivity index (χ4n) is 1.96. The third-order valence-electron chi connectivity index (χ3n) is 2.41. The molecule has 4 nitrogen and oxygen atoms in total. The first-order valence-corrected chi connectivity index (χ1v) is 5.70. The number of rotatable bonds is 2. The predicted molar refractivity (Wildman–Crippen MR) is 56.6 cm³/mol. The Bertz CT molecular complexity index is 268. The van der Waals surface area contributed by atoms with E-state index in [2.05, 4.69) is 28.8 Å². The second kappa shape index (κ2) is 4.23. The highest BCUT2D eigenvalue weighted by molar-refractivity contribution is 7.09. The summed E-state index contributed by atoms with van der Waals surface area (Å²) in [6.07, 6.45) is 4.58. The van der Waals surface area contributed by atoms with Crippen molar-refractivity contribution in [1.29, 1.82) is 0 Å². The van der Waals surface area contributed by atoms with Gasteiger partial charge in [0.1, 0.15) is 5.00 Å². The van der Waals surface area contributed by atoms with Crippen molar-refractivity contribution >= 4 is 16.5 Å². The van der Waals surface area contributed by atoms with Gasteiger partial charge in [0.15, 0.2) is 0 Å². The smallest absolute Gasteiger partial charge is 0.130 e. The van der Waals surface area contributed by atoms with Crippen LogP contribution in [0.25, 0.3) is 0 Å². The Labute approximate surface area is 87.8 Å². The van der Waals surface area contributed by atoms with Gasteiger partial charge in [-0.25, -0.2) is 0 Å². The van der Waals surface area contributed by atoms with Gasteiger partial charge in [0.05, 0.1) is 18.4 Å². The third kappa shape index (κ3) is 2.42. The van der Waals surface area contributed by atoms with Crippen molar-refractivity contribution < 1.29 is 4.74 Å². The molecule has 2 heterocycles. The molecule has 0 bridgehead atoms. The monoisotopic (exact) mass is 213 g/mol. The van der Waals surface area contributed by atoms with Crippen LogP contribution in [0.1, 0.15) is 26.7 Å². The predicted octanol–water partition coefficient (Wildman–Crippen LogP) is 1.91. The number of ether oxygens (including phenoxy) is 1. The number of aromatic nitrogens is 2. The molecule has 0 radical (unpaired) electrons. The first-order valence-electron chi connectivity index (χ1n) is 4.93. The molecule has 0 aliphatic carbocycles. The maximum absolute atomic E-state index is 5.67. The molecule has 2 rings (SSSR count). The molecule has 14 heavy (non-hydrogen) atoms. The van der Waals surface area contributed by atoms with Crippen molar-refractivity contribution in [3.63, 3.8) is 0 Å². The van der Waals surface area contributed by atoms with Crippen LogP contribution in [0.15, 0.2) is 6.20 Å². The Morgan fingerprint density at radius 3 is 2.71 bits per heavy atom. The number of anilines is 1. The Morgan fingerprint density at radius 1 is 1.43 bits per heavy atom. The lowest BCUT2D eigenvalue weighted by Crippen LogP contribution is -2.36. The second-order valence-corrected chi connectivity index (χ2v) is 4.64. The van der Waals surface area contributed by atoms with E-state index >= 15 is 0 Å².